The van der Waals surface area contributed by atoms with Crippen LogP contribution in [0.5, 0.6) is 0 Å². The van der Waals surface area contributed by atoms with E-state index in [4.69, 9.17) is 0 Å². The van der Waals surface area contributed by atoms with Gasteiger partial charge in [-0.3, -0.25) is 0 Å². The Hall–Kier alpha value is -2.73. The van der Waals surface area contributed by atoms with Crippen LogP contribution in [0.4, 0.5) is 0 Å². The monoisotopic (exact) mass is 264 g/mol. The quantitative estimate of drug-likeness (QED) is 0.730. The van der Waals surface area contributed by atoms with Crippen LogP contribution in [0.25, 0.3) is 16.7 Å². The van der Waals surface area contributed by atoms with E-state index in [0.29, 0.717) is 6.67 Å². The highest BCUT2D eigenvalue weighted by Crippen LogP contribution is 2.17. The van der Waals surface area contributed by atoms with Gasteiger partial charge in [-0.1, -0.05) is 12.1 Å². The summed E-state index contributed by atoms with van der Waals surface area (Å²) in [6, 6.07) is 12.0. The van der Waals surface area contributed by atoms with Gasteiger partial charge in [0.1, 0.15) is 12.5 Å². The van der Waals surface area contributed by atoms with Gasteiger partial charge in [-0.2, -0.15) is 5.10 Å². The van der Waals surface area contributed by atoms with Gasteiger partial charge in [0.25, 0.3) is 0 Å². The SMILES string of the molecule is c1cc(C2=NCNN2)cc(-n2ncc3cccnc32)c1. The van der Waals surface area contributed by atoms with Gasteiger partial charge >= 0.3 is 0 Å². The number of hydrogen-bond acceptors (Lipinski definition) is 5. The molecule has 2 aromatic heterocycles. The molecule has 0 radical (unpaired) electrons. The van der Waals surface area contributed by atoms with Crippen molar-refractivity contribution in [3.05, 3.63) is 54.4 Å². The molecule has 0 fully saturated rings. The Morgan fingerprint density at radius 3 is 3.05 bits per heavy atom. The summed E-state index contributed by atoms with van der Waals surface area (Å²) in [5.74, 6) is 0.844. The van der Waals surface area contributed by atoms with Crippen molar-refractivity contribution < 1.29 is 0 Å². The largest absolute Gasteiger partial charge is 0.304 e. The minimum atomic E-state index is 0.589. The van der Waals surface area contributed by atoms with E-state index in [1.807, 2.05) is 47.3 Å². The number of benzene rings is 1. The number of pyridine rings is 1. The third-order valence-corrected chi connectivity index (χ3v) is 3.22. The molecule has 0 unspecified atom stereocenters. The lowest BCUT2D eigenvalue weighted by Crippen LogP contribution is -2.30. The first-order valence-electron chi connectivity index (χ1n) is 6.35. The van der Waals surface area contributed by atoms with Crippen molar-refractivity contribution in [3.8, 4) is 5.69 Å². The van der Waals surface area contributed by atoms with E-state index in [1.165, 1.54) is 0 Å². The van der Waals surface area contributed by atoms with Gasteiger partial charge in [0.05, 0.1) is 11.9 Å². The molecule has 3 heterocycles. The highest BCUT2D eigenvalue weighted by atomic mass is 15.5. The fourth-order valence-corrected chi connectivity index (χ4v) is 2.28. The smallest absolute Gasteiger partial charge is 0.162 e. The molecule has 0 saturated carbocycles. The molecule has 0 saturated heterocycles. The molecule has 0 aliphatic carbocycles. The maximum absolute atomic E-state index is 4.41. The fraction of sp³-hybridized carbons (Fsp3) is 0.0714. The van der Waals surface area contributed by atoms with Crippen LogP contribution < -0.4 is 10.9 Å². The average Bonchev–Trinajstić information content (AvgIpc) is 3.17. The van der Waals surface area contributed by atoms with Gasteiger partial charge < -0.3 is 5.43 Å². The summed E-state index contributed by atoms with van der Waals surface area (Å²) in [7, 11) is 0. The molecule has 20 heavy (non-hydrogen) atoms. The third-order valence-electron chi connectivity index (χ3n) is 3.22. The predicted octanol–water partition coefficient (Wildman–Crippen LogP) is 1.23. The summed E-state index contributed by atoms with van der Waals surface area (Å²) in [5.41, 5.74) is 8.84. The standard InChI is InChI=1S/C14H12N6/c1-3-10(13-16-9-17-19-13)7-12(5-1)20-14-11(8-18-20)4-2-6-15-14/h1-8,17H,9H2,(H,16,19). The third kappa shape index (κ3) is 1.74. The lowest BCUT2D eigenvalue weighted by atomic mass is 10.2. The minimum absolute atomic E-state index is 0.589. The van der Waals surface area contributed by atoms with Crippen LogP contribution >= 0.6 is 0 Å². The number of rotatable bonds is 2. The van der Waals surface area contributed by atoms with E-state index in [0.717, 1.165) is 28.1 Å². The average molecular weight is 264 g/mol. The highest BCUT2D eigenvalue weighted by Gasteiger charge is 2.10. The second-order valence-electron chi connectivity index (χ2n) is 4.49. The summed E-state index contributed by atoms with van der Waals surface area (Å²) in [5, 5.41) is 5.44. The van der Waals surface area contributed by atoms with Crippen LogP contribution in [0.2, 0.25) is 0 Å². The molecule has 0 bridgehead atoms. The molecule has 2 N–H and O–H groups in total. The number of fused-ring (bicyclic) bond motifs is 1. The lowest BCUT2D eigenvalue weighted by molar-refractivity contribution is 0.727. The Morgan fingerprint density at radius 1 is 1.15 bits per heavy atom. The molecule has 6 heteroatoms. The molecule has 1 aliphatic heterocycles. The van der Waals surface area contributed by atoms with Crippen LogP contribution in [0, 0.1) is 0 Å². The van der Waals surface area contributed by atoms with Crippen LogP contribution in [0.15, 0.2) is 53.8 Å². The molecule has 6 nitrogen and oxygen atoms in total. The van der Waals surface area contributed by atoms with Crippen molar-refractivity contribution in [2.24, 2.45) is 4.99 Å². The van der Waals surface area contributed by atoms with E-state index in [-0.39, 0.29) is 0 Å². The van der Waals surface area contributed by atoms with Crippen molar-refractivity contribution in [2.75, 3.05) is 6.67 Å². The second-order valence-corrected chi connectivity index (χ2v) is 4.49. The highest BCUT2D eigenvalue weighted by molar-refractivity contribution is 5.99. The number of hydrazine groups is 1. The summed E-state index contributed by atoms with van der Waals surface area (Å²) < 4.78 is 1.84. The Labute approximate surface area is 115 Å². The molecular weight excluding hydrogens is 252 g/mol. The normalized spacial score (nSPS) is 14.3. The van der Waals surface area contributed by atoms with Crippen molar-refractivity contribution in [3.63, 3.8) is 0 Å². The van der Waals surface area contributed by atoms with E-state index >= 15 is 0 Å². The zero-order valence-corrected chi connectivity index (χ0v) is 10.6. The number of aromatic nitrogens is 3. The Kier molecular flexibility index (Phi) is 2.46. The summed E-state index contributed by atoms with van der Waals surface area (Å²) in [4.78, 5) is 8.73. The molecule has 98 valence electrons. The van der Waals surface area contributed by atoms with Gasteiger partial charge in [-0.15, -0.1) is 0 Å². The van der Waals surface area contributed by atoms with E-state index in [9.17, 15) is 0 Å². The van der Waals surface area contributed by atoms with E-state index in [1.54, 1.807) is 6.20 Å². The number of hydrogen-bond donors (Lipinski definition) is 2. The Morgan fingerprint density at radius 2 is 2.15 bits per heavy atom. The summed E-state index contributed by atoms with van der Waals surface area (Å²) in [6.45, 7) is 0.589. The predicted molar refractivity (Wildman–Crippen MR) is 76.5 cm³/mol. The molecule has 0 atom stereocenters. The molecule has 1 aliphatic rings. The van der Waals surface area contributed by atoms with Crippen LogP contribution in [-0.2, 0) is 0 Å². The molecule has 0 amide bonds. The first-order valence-corrected chi connectivity index (χ1v) is 6.35. The maximum Gasteiger partial charge on any atom is 0.162 e. The van der Waals surface area contributed by atoms with Gasteiger partial charge in [-0.25, -0.2) is 20.1 Å². The van der Waals surface area contributed by atoms with Crippen molar-refractivity contribution in [2.45, 2.75) is 0 Å². The zero-order chi connectivity index (χ0) is 13.4. The van der Waals surface area contributed by atoms with Crippen LogP contribution in [-0.4, -0.2) is 27.3 Å². The Bertz CT molecular complexity index is 804. The van der Waals surface area contributed by atoms with E-state index in [2.05, 4.69) is 25.9 Å². The topological polar surface area (TPSA) is 67.1 Å². The van der Waals surface area contributed by atoms with Crippen LogP contribution in [0.3, 0.4) is 0 Å². The molecular formula is C14H12N6. The van der Waals surface area contributed by atoms with E-state index < -0.39 is 0 Å². The Balaban J connectivity index is 1.84. The van der Waals surface area contributed by atoms with Crippen molar-refractivity contribution in [1.82, 2.24) is 25.6 Å². The van der Waals surface area contributed by atoms with Gasteiger partial charge in [-0.05, 0) is 24.3 Å². The van der Waals surface area contributed by atoms with Gasteiger partial charge in [0, 0.05) is 17.1 Å². The number of nitrogens with one attached hydrogen (secondary N) is 2. The van der Waals surface area contributed by atoms with Crippen molar-refractivity contribution in [1.29, 1.82) is 0 Å². The first-order chi connectivity index (χ1) is 9.92. The maximum atomic E-state index is 4.41. The zero-order valence-electron chi connectivity index (χ0n) is 10.6. The lowest BCUT2D eigenvalue weighted by Gasteiger charge is -2.06. The molecule has 1 aromatic carbocycles. The second kappa shape index (κ2) is 4.43. The van der Waals surface area contributed by atoms with Gasteiger partial charge in [0.15, 0.2) is 5.65 Å². The summed E-state index contributed by atoms with van der Waals surface area (Å²) >= 11 is 0. The van der Waals surface area contributed by atoms with Gasteiger partial charge in [0.2, 0.25) is 0 Å². The molecule has 3 aromatic rings. The number of amidine groups is 1. The summed E-state index contributed by atoms with van der Waals surface area (Å²) in [6.07, 6.45) is 3.60. The van der Waals surface area contributed by atoms with Crippen LogP contribution in [0.1, 0.15) is 5.56 Å². The molecule has 0 spiro atoms. The van der Waals surface area contributed by atoms with Crippen molar-refractivity contribution >= 4 is 16.9 Å². The number of aliphatic imine (C=N–C) groups is 1. The minimum Gasteiger partial charge on any atom is -0.304 e. The fourth-order valence-electron chi connectivity index (χ4n) is 2.28. The first kappa shape index (κ1) is 11.1. The number of nitrogens with zero attached hydrogens (tertiary/aromatic N) is 4. The molecule has 4 rings (SSSR count).